The molecular weight excluding hydrogens is 262 g/mol. The number of hydrogen-bond acceptors (Lipinski definition) is 5. The summed E-state index contributed by atoms with van der Waals surface area (Å²) in [4.78, 5) is 14.8. The van der Waals surface area contributed by atoms with Gasteiger partial charge in [0.25, 0.3) is 5.69 Å². The highest BCUT2D eigenvalue weighted by Crippen LogP contribution is 2.29. The van der Waals surface area contributed by atoms with Crippen LogP contribution in [-0.4, -0.2) is 27.5 Å². The second-order valence-electron chi connectivity index (χ2n) is 4.97. The first kappa shape index (κ1) is 14.1. The van der Waals surface area contributed by atoms with E-state index in [1.165, 1.54) is 18.9 Å². The number of thioether (sulfide) groups is 1. The van der Waals surface area contributed by atoms with Crippen LogP contribution in [0.2, 0.25) is 0 Å². The van der Waals surface area contributed by atoms with Crippen molar-refractivity contribution in [2.75, 3.05) is 11.6 Å². The zero-order chi connectivity index (χ0) is 13.8. The third-order valence-corrected chi connectivity index (χ3v) is 4.77. The predicted molar refractivity (Wildman–Crippen MR) is 78.8 cm³/mol. The van der Waals surface area contributed by atoms with E-state index in [1.807, 2.05) is 11.8 Å². The average Bonchev–Trinajstić information content (AvgIpc) is 2.41. The molecule has 1 aliphatic rings. The van der Waals surface area contributed by atoms with E-state index in [2.05, 4.69) is 16.6 Å². The quantitative estimate of drug-likeness (QED) is 0.677. The van der Waals surface area contributed by atoms with E-state index in [9.17, 15) is 10.1 Å². The molecular formula is C13H19N3O2S. The molecule has 0 amide bonds. The fraction of sp³-hybridized carbons (Fsp3) is 0.615. The molecule has 19 heavy (non-hydrogen) atoms. The van der Waals surface area contributed by atoms with Gasteiger partial charge in [0.1, 0.15) is 5.82 Å². The van der Waals surface area contributed by atoms with E-state index in [-0.39, 0.29) is 10.6 Å². The molecule has 0 radical (unpaired) electrons. The Bertz CT molecular complexity index is 459. The lowest BCUT2D eigenvalue weighted by atomic mass is 9.95. The maximum absolute atomic E-state index is 10.9. The lowest BCUT2D eigenvalue weighted by Gasteiger charge is -2.28. The number of nitrogens with one attached hydrogen (secondary N) is 1. The molecule has 1 heterocycles. The third kappa shape index (κ3) is 3.59. The van der Waals surface area contributed by atoms with E-state index in [0.29, 0.717) is 17.4 Å². The molecule has 1 saturated carbocycles. The molecule has 0 aliphatic heterocycles. The van der Waals surface area contributed by atoms with Crippen molar-refractivity contribution in [2.45, 2.75) is 43.9 Å². The minimum atomic E-state index is -0.354. The topological polar surface area (TPSA) is 68.1 Å². The summed E-state index contributed by atoms with van der Waals surface area (Å²) in [5.74, 6) is 0.616. The monoisotopic (exact) mass is 281 g/mol. The summed E-state index contributed by atoms with van der Waals surface area (Å²) in [6.45, 7) is 1.71. The minimum absolute atomic E-state index is 0.135. The SMILES string of the molecule is CSC1CCC(Nc2cc([N+](=O)[O-])c(C)cn2)CC1. The molecule has 1 aliphatic carbocycles. The van der Waals surface area contributed by atoms with Crippen LogP contribution in [0.4, 0.5) is 11.5 Å². The molecule has 0 atom stereocenters. The molecule has 1 aromatic rings. The lowest BCUT2D eigenvalue weighted by molar-refractivity contribution is -0.385. The van der Waals surface area contributed by atoms with Crippen LogP contribution < -0.4 is 5.32 Å². The van der Waals surface area contributed by atoms with Crippen LogP contribution in [0.1, 0.15) is 31.2 Å². The Morgan fingerprint density at radius 2 is 2.11 bits per heavy atom. The standard InChI is InChI=1S/C13H19N3O2S/c1-9-8-14-13(7-12(9)16(17)18)15-10-3-5-11(19-2)6-4-10/h7-8,10-11H,3-6H2,1-2H3,(H,14,15). The van der Waals surface area contributed by atoms with Crippen molar-refractivity contribution in [1.29, 1.82) is 0 Å². The predicted octanol–water partition coefficient (Wildman–Crippen LogP) is 3.38. The van der Waals surface area contributed by atoms with Crippen molar-refractivity contribution >= 4 is 23.3 Å². The molecule has 5 nitrogen and oxygen atoms in total. The van der Waals surface area contributed by atoms with Gasteiger partial charge >= 0.3 is 0 Å². The Morgan fingerprint density at radius 1 is 1.42 bits per heavy atom. The van der Waals surface area contributed by atoms with Crippen LogP contribution in [-0.2, 0) is 0 Å². The number of nitrogens with zero attached hydrogens (tertiary/aromatic N) is 2. The molecule has 0 saturated heterocycles. The Labute approximate surface area is 117 Å². The van der Waals surface area contributed by atoms with Gasteiger partial charge in [-0.1, -0.05) is 0 Å². The van der Waals surface area contributed by atoms with Gasteiger partial charge in [-0.2, -0.15) is 11.8 Å². The van der Waals surface area contributed by atoms with Gasteiger partial charge in [-0.15, -0.1) is 0 Å². The minimum Gasteiger partial charge on any atom is -0.367 e. The first-order chi connectivity index (χ1) is 9.10. The highest BCUT2D eigenvalue weighted by atomic mass is 32.2. The van der Waals surface area contributed by atoms with Gasteiger partial charge in [0.05, 0.1) is 11.0 Å². The Morgan fingerprint density at radius 3 is 2.68 bits per heavy atom. The van der Waals surface area contributed by atoms with Crippen molar-refractivity contribution in [3.05, 3.63) is 27.9 Å². The molecule has 2 rings (SSSR count). The van der Waals surface area contributed by atoms with Gasteiger partial charge in [0, 0.05) is 23.1 Å². The Kier molecular flexibility index (Phi) is 4.63. The summed E-state index contributed by atoms with van der Waals surface area (Å²) in [5.41, 5.74) is 0.733. The van der Waals surface area contributed by atoms with E-state index in [4.69, 9.17) is 0 Å². The largest absolute Gasteiger partial charge is 0.367 e. The number of aromatic nitrogens is 1. The average molecular weight is 281 g/mol. The van der Waals surface area contributed by atoms with Crippen LogP contribution in [0, 0.1) is 17.0 Å². The Hall–Kier alpha value is -1.30. The fourth-order valence-corrected chi connectivity index (χ4v) is 3.18. The second-order valence-corrected chi connectivity index (χ2v) is 6.10. The number of pyridine rings is 1. The van der Waals surface area contributed by atoms with Gasteiger partial charge in [-0.25, -0.2) is 4.98 Å². The summed E-state index contributed by atoms with van der Waals surface area (Å²) in [5, 5.41) is 15.0. The smallest absolute Gasteiger partial charge is 0.277 e. The maximum atomic E-state index is 10.9. The van der Waals surface area contributed by atoms with Crippen LogP contribution >= 0.6 is 11.8 Å². The number of aryl methyl sites for hydroxylation is 1. The van der Waals surface area contributed by atoms with Crippen molar-refractivity contribution in [1.82, 2.24) is 4.98 Å². The molecule has 6 heteroatoms. The summed E-state index contributed by atoms with van der Waals surface area (Å²) < 4.78 is 0. The van der Waals surface area contributed by atoms with Crippen molar-refractivity contribution in [2.24, 2.45) is 0 Å². The highest BCUT2D eigenvalue weighted by molar-refractivity contribution is 7.99. The van der Waals surface area contributed by atoms with Crippen molar-refractivity contribution in [3.8, 4) is 0 Å². The number of rotatable bonds is 4. The lowest BCUT2D eigenvalue weighted by Crippen LogP contribution is -2.27. The molecule has 1 aromatic heterocycles. The van der Waals surface area contributed by atoms with Gasteiger partial charge in [0.15, 0.2) is 0 Å². The molecule has 1 fully saturated rings. The number of hydrogen-bond donors (Lipinski definition) is 1. The molecule has 0 bridgehead atoms. The van der Waals surface area contributed by atoms with Gasteiger partial charge in [-0.3, -0.25) is 10.1 Å². The van der Waals surface area contributed by atoms with Crippen LogP contribution in [0.15, 0.2) is 12.3 Å². The van der Waals surface area contributed by atoms with E-state index >= 15 is 0 Å². The van der Waals surface area contributed by atoms with Crippen molar-refractivity contribution < 1.29 is 4.92 Å². The fourth-order valence-electron chi connectivity index (χ4n) is 2.44. The molecule has 0 unspecified atom stereocenters. The Balaban J connectivity index is 2.00. The normalized spacial score (nSPS) is 23.1. The van der Waals surface area contributed by atoms with Crippen LogP contribution in [0.3, 0.4) is 0 Å². The van der Waals surface area contributed by atoms with E-state index in [0.717, 1.165) is 18.1 Å². The zero-order valence-electron chi connectivity index (χ0n) is 11.3. The molecule has 0 spiro atoms. The maximum Gasteiger partial charge on any atom is 0.277 e. The summed E-state index contributed by atoms with van der Waals surface area (Å²) in [7, 11) is 0. The summed E-state index contributed by atoms with van der Waals surface area (Å²) in [6.07, 6.45) is 8.33. The zero-order valence-corrected chi connectivity index (χ0v) is 12.1. The summed E-state index contributed by atoms with van der Waals surface area (Å²) in [6, 6.07) is 1.92. The highest BCUT2D eigenvalue weighted by Gasteiger charge is 2.21. The molecule has 0 aromatic carbocycles. The molecule has 104 valence electrons. The van der Waals surface area contributed by atoms with Crippen LogP contribution in [0.25, 0.3) is 0 Å². The molecule has 1 N–H and O–H groups in total. The van der Waals surface area contributed by atoms with Gasteiger partial charge < -0.3 is 5.32 Å². The van der Waals surface area contributed by atoms with E-state index < -0.39 is 0 Å². The second kappa shape index (κ2) is 6.23. The third-order valence-electron chi connectivity index (χ3n) is 3.63. The van der Waals surface area contributed by atoms with Gasteiger partial charge in [-0.05, 0) is 38.9 Å². The first-order valence-electron chi connectivity index (χ1n) is 6.50. The summed E-state index contributed by atoms with van der Waals surface area (Å²) >= 11 is 1.93. The van der Waals surface area contributed by atoms with Gasteiger partial charge in [0.2, 0.25) is 0 Å². The van der Waals surface area contributed by atoms with E-state index in [1.54, 1.807) is 13.1 Å². The number of nitro groups is 1. The van der Waals surface area contributed by atoms with Crippen LogP contribution in [0.5, 0.6) is 0 Å². The first-order valence-corrected chi connectivity index (χ1v) is 7.79. The van der Waals surface area contributed by atoms with Crippen molar-refractivity contribution in [3.63, 3.8) is 0 Å². The number of anilines is 1.